The van der Waals surface area contributed by atoms with Crippen molar-refractivity contribution in [2.45, 2.75) is 19.1 Å². The lowest BCUT2D eigenvalue weighted by molar-refractivity contribution is -0.384. The number of aliphatic hydroxyl groups excluding tert-OH is 1. The van der Waals surface area contributed by atoms with Gasteiger partial charge in [0.1, 0.15) is 0 Å². The fraction of sp³-hybridized carbons (Fsp3) is 0.333. The van der Waals surface area contributed by atoms with Crippen LogP contribution in [0, 0.1) is 10.1 Å². The molecule has 0 heterocycles. The fourth-order valence-electron chi connectivity index (χ4n) is 1.10. The number of nitro groups is 1. The standard InChI is InChI=1S/C9H12N2O3/c1-6(12)9(10)7-2-4-8(5-3-7)11(13)14/h2-6,9,12H,10H2,1H3. The van der Waals surface area contributed by atoms with Gasteiger partial charge in [0.2, 0.25) is 0 Å². The second-order valence-corrected chi connectivity index (χ2v) is 3.12. The van der Waals surface area contributed by atoms with Crippen molar-refractivity contribution < 1.29 is 10.0 Å². The summed E-state index contributed by atoms with van der Waals surface area (Å²) in [5.74, 6) is 0. The summed E-state index contributed by atoms with van der Waals surface area (Å²) in [7, 11) is 0. The van der Waals surface area contributed by atoms with E-state index in [1.807, 2.05) is 0 Å². The molecule has 0 aromatic heterocycles. The maximum Gasteiger partial charge on any atom is 0.269 e. The summed E-state index contributed by atoms with van der Waals surface area (Å²) in [4.78, 5) is 9.87. The molecule has 0 aliphatic heterocycles. The monoisotopic (exact) mass is 196 g/mol. The van der Waals surface area contributed by atoms with Gasteiger partial charge in [0.15, 0.2) is 0 Å². The third-order valence-electron chi connectivity index (χ3n) is 2.01. The van der Waals surface area contributed by atoms with Gasteiger partial charge in [-0.25, -0.2) is 0 Å². The van der Waals surface area contributed by atoms with Crippen LogP contribution in [-0.4, -0.2) is 16.1 Å². The molecule has 2 unspecified atom stereocenters. The number of aliphatic hydroxyl groups is 1. The minimum absolute atomic E-state index is 0.0199. The van der Waals surface area contributed by atoms with Gasteiger partial charge in [0.05, 0.1) is 17.1 Å². The molecule has 0 fully saturated rings. The topological polar surface area (TPSA) is 89.4 Å². The van der Waals surface area contributed by atoms with E-state index in [4.69, 9.17) is 5.73 Å². The maximum absolute atomic E-state index is 10.3. The average molecular weight is 196 g/mol. The highest BCUT2D eigenvalue weighted by Gasteiger charge is 2.13. The van der Waals surface area contributed by atoms with Gasteiger partial charge in [-0.05, 0) is 12.5 Å². The van der Waals surface area contributed by atoms with Crippen LogP contribution in [0.3, 0.4) is 0 Å². The first kappa shape index (κ1) is 10.6. The zero-order valence-electron chi connectivity index (χ0n) is 7.75. The van der Waals surface area contributed by atoms with E-state index in [9.17, 15) is 15.2 Å². The molecule has 0 radical (unpaired) electrons. The highest BCUT2D eigenvalue weighted by molar-refractivity contribution is 5.34. The molecule has 5 nitrogen and oxygen atoms in total. The summed E-state index contributed by atoms with van der Waals surface area (Å²) in [6, 6.07) is 5.34. The molecule has 14 heavy (non-hydrogen) atoms. The zero-order chi connectivity index (χ0) is 10.7. The Bertz CT molecular complexity index is 321. The van der Waals surface area contributed by atoms with E-state index >= 15 is 0 Å². The molecule has 0 aliphatic rings. The van der Waals surface area contributed by atoms with E-state index in [1.54, 1.807) is 19.1 Å². The Labute approximate surface area is 81.3 Å². The highest BCUT2D eigenvalue weighted by atomic mass is 16.6. The van der Waals surface area contributed by atoms with Gasteiger partial charge in [-0.3, -0.25) is 10.1 Å². The lowest BCUT2D eigenvalue weighted by Gasteiger charge is -2.14. The molecule has 1 aromatic rings. The van der Waals surface area contributed by atoms with Crippen LogP contribution >= 0.6 is 0 Å². The van der Waals surface area contributed by atoms with Crippen molar-refractivity contribution in [3.63, 3.8) is 0 Å². The van der Waals surface area contributed by atoms with Crippen LogP contribution in [0.15, 0.2) is 24.3 Å². The third kappa shape index (κ3) is 2.27. The number of non-ortho nitro benzene ring substituents is 1. The average Bonchev–Trinajstić information content (AvgIpc) is 2.16. The molecule has 0 aliphatic carbocycles. The number of nitrogens with two attached hydrogens (primary N) is 1. The Morgan fingerprint density at radius 2 is 1.93 bits per heavy atom. The minimum atomic E-state index is -0.670. The van der Waals surface area contributed by atoms with Crippen LogP contribution in [0.5, 0.6) is 0 Å². The number of nitrogens with zero attached hydrogens (tertiary/aromatic N) is 1. The molecule has 5 heteroatoms. The van der Waals surface area contributed by atoms with E-state index < -0.39 is 17.1 Å². The van der Waals surface area contributed by atoms with E-state index in [-0.39, 0.29) is 5.69 Å². The van der Waals surface area contributed by atoms with Crippen LogP contribution in [0.25, 0.3) is 0 Å². The van der Waals surface area contributed by atoms with Gasteiger partial charge in [0, 0.05) is 12.1 Å². The Balaban J connectivity index is 2.88. The van der Waals surface area contributed by atoms with Gasteiger partial charge in [0.25, 0.3) is 5.69 Å². The lowest BCUT2D eigenvalue weighted by Crippen LogP contribution is -2.22. The molecule has 2 atom stereocenters. The van der Waals surface area contributed by atoms with Crippen molar-refractivity contribution in [3.8, 4) is 0 Å². The van der Waals surface area contributed by atoms with Crippen LogP contribution in [-0.2, 0) is 0 Å². The zero-order valence-corrected chi connectivity index (χ0v) is 7.75. The van der Waals surface area contributed by atoms with Crippen LogP contribution < -0.4 is 5.73 Å². The molecule has 0 amide bonds. The first-order valence-corrected chi connectivity index (χ1v) is 4.20. The summed E-state index contributed by atoms with van der Waals surface area (Å²) in [6.45, 7) is 1.58. The van der Waals surface area contributed by atoms with Gasteiger partial charge in [-0.2, -0.15) is 0 Å². The fourth-order valence-corrected chi connectivity index (χ4v) is 1.10. The first-order valence-electron chi connectivity index (χ1n) is 4.20. The summed E-state index contributed by atoms with van der Waals surface area (Å²) in [5, 5.41) is 19.5. The largest absolute Gasteiger partial charge is 0.391 e. The van der Waals surface area contributed by atoms with Gasteiger partial charge < -0.3 is 10.8 Å². The predicted octanol–water partition coefficient (Wildman–Crippen LogP) is 0.975. The van der Waals surface area contributed by atoms with Gasteiger partial charge in [-0.1, -0.05) is 12.1 Å². The second-order valence-electron chi connectivity index (χ2n) is 3.12. The second kappa shape index (κ2) is 4.17. The summed E-state index contributed by atoms with van der Waals surface area (Å²) < 4.78 is 0. The molecule has 3 N–H and O–H groups in total. The molecular weight excluding hydrogens is 184 g/mol. The van der Waals surface area contributed by atoms with Gasteiger partial charge in [-0.15, -0.1) is 0 Å². The number of rotatable bonds is 3. The van der Waals surface area contributed by atoms with Gasteiger partial charge >= 0.3 is 0 Å². The molecule has 1 aromatic carbocycles. The molecule has 0 bridgehead atoms. The molecule has 76 valence electrons. The number of hydrogen-bond acceptors (Lipinski definition) is 4. The Kier molecular flexibility index (Phi) is 3.16. The number of nitro benzene ring substituents is 1. The van der Waals surface area contributed by atoms with E-state index in [2.05, 4.69) is 0 Å². The molecule has 0 spiro atoms. The SMILES string of the molecule is CC(O)C(N)c1ccc([N+](=O)[O-])cc1. The van der Waals surface area contributed by atoms with Crippen molar-refractivity contribution in [1.29, 1.82) is 0 Å². The van der Waals surface area contributed by atoms with Crippen molar-refractivity contribution in [3.05, 3.63) is 39.9 Å². The van der Waals surface area contributed by atoms with Crippen molar-refractivity contribution in [1.82, 2.24) is 0 Å². The number of hydrogen-bond donors (Lipinski definition) is 2. The van der Waals surface area contributed by atoms with Crippen LogP contribution in [0.1, 0.15) is 18.5 Å². The van der Waals surface area contributed by atoms with Crippen LogP contribution in [0.2, 0.25) is 0 Å². The first-order chi connectivity index (χ1) is 6.52. The number of benzene rings is 1. The predicted molar refractivity (Wildman–Crippen MR) is 51.7 cm³/mol. The molecule has 1 rings (SSSR count). The van der Waals surface area contributed by atoms with Crippen molar-refractivity contribution in [2.24, 2.45) is 5.73 Å². The summed E-state index contributed by atoms with van der Waals surface area (Å²) >= 11 is 0. The summed E-state index contributed by atoms with van der Waals surface area (Å²) in [5.41, 5.74) is 6.35. The maximum atomic E-state index is 10.3. The third-order valence-corrected chi connectivity index (χ3v) is 2.01. The highest BCUT2D eigenvalue weighted by Crippen LogP contribution is 2.18. The Morgan fingerprint density at radius 1 is 1.43 bits per heavy atom. The smallest absolute Gasteiger partial charge is 0.269 e. The Morgan fingerprint density at radius 3 is 2.29 bits per heavy atom. The molecular formula is C9H12N2O3. The summed E-state index contributed by atoms with van der Waals surface area (Å²) in [6.07, 6.45) is -0.670. The lowest BCUT2D eigenvalue weighted by atomic mass is 10.0. The molecule has 0 saturated heterocycles. The quantitative estimate of drug-likeness (QED) is 0.557. The molecule has 0 saturated carbocycles. The minimum Gasteiger partial charge on any atom is -0.391 e. The normalized spacial score (nSPS) is 14.8. The van der Waals surface area contributed by atoms with E-state index in [0.717, 1.165) is 0 Å². The van der Waals surface area contributed by atoms with E-state index in [0.29, 0.717) is 5.56 Å². The van der Waals surface area contributed by atoms with Crippen LogP contribution in [0.4, 0.5) is 5.69 Å². The Hall–Kier alpha value is -1.46. The van der Waals surface area contributed by atoms with Crippen molar-refractivity contribution in [2.75, 3.05) is 0 Å². The van der Waals surface area contributed by atoms with E-state index in [1.165, 1.54) is 12.1 Å². The van der Waals surface area contributed by atoms with Crippen molar-refractivity contribution >= 4 is 5.69 Å².